The Kier molecular flexibility index (Phi) is 4.18. The number of carbonyl (C=O) groups excluding carboxylic acids is 1. The van der Waals surface area contributed by atoms with Crippen LogP contribution in [0.25, 0.3) is 0 Å². The average Bonchev–Trinajstić information content (AvgIpc) is 2.17. The summed E-state index contributed by atoms with van der Waals surface area (Å²) in [6.45, 7) is 13.2. The third-order valence-electron chi connectivity index (χ3n) is 3.52. The summed E-state index contributed by atoms with van der Waals surface area (Å²) in [5.74, 6) is 0.688. The second kappa shape index (κ2) is 4.88. The molecule has 4 atom stereocenters. The Labute approximate surface area is 99.6 Å². The lowest BCUT2D eigenvalue weighted by atomic mass is 9.80. The summed E-state index contributed by atoms with van der Waals surface area (Å²) in [5.41, 5.74) is 0. The lowest BCUT2D eigenvalue weighted by Gasteiger charge is -2.38. The molecule has 0 aliphatic carbocycles. The molecule has 1 fully saturated rings. The van der Waals surface area contributed by atoms with Crippen LogP contribution in [-0.4, -0.2) is 27.0 Å². The van der Waals surface area contributed by atoms with Gasteiger partial charge in [-0.05, 0) is 31.5 Å². The molecule has 0 aromatic heterocycles. The van der Waals surface area contributed by atoms with Crippen LogP contribution in [0.5, 0.6) is 0 Å². The maximum atomic E-state index is 11.6. The highest BCUT2D eigenvalue weighted by molar-refractivity contribution is 6.69. The standard InChI is InChI=1S/C12H24O3Si/c1-8-9(2)11(7-14-16(4,5)6)15-12(13)10(8)3/h8-11H,7H2,1-6H3/t8-,9+,10?,11?/m0/s1. The molecule has 1 aliphatic heterocycles. The Hall–Kier alpha value is -0.353. The molecule has 16 heavy (non-hydrogen) atoms. The van der Waals surface area contributed by atoms with E-state index < -0.39 is 8.32 Å². The number of ether oxygens (including phenoxy) is 1. The SMILES string of the molecule is CC1C(=O)OC(CO[Si](C)(C)C)[C@H](C)[C@@H]1C. The number of carbonyl (C=O) groups is 1. The van der Waals surface area contributed by atoms with Crippen LogP contribution in [0.3, 0.4) is 0 Å². The maximum Gasteiger partial charge on any atom is 0.309 e. The monoisotopic (exact) mass is 244 g/mol. The summed E-state index contributed by atoms with van der Waals surface area (Å²) in [6, 6.07) is 0. The minimum Gasteiger partial charge on any atom is -0.459 e. The number of rotatable bonds is 3. The van der Waals surface area contributed by atoms with Crippen molar-refractivity contribution in [1.82, 2.24) is 0 Å². The lowest BCUT2D eigenvalue weighted by molar-refractivity contribution is -0.172. The van der Waals surface area contributed by atoms with E-state index in [-0.39, 0.29) is 18.0 Å². The van der Waals surface area contributed by atoms with Gasteiger partial charge in [0.25, 0.3) is 0 Å². The Bertz CT molecular complexity index is 259. The van der Waals surface area contributed by atoms with Crippen molar-refractivity contribution in [3.63, 3.8) is 0 Å². The predicted molar refractivity (Wildman–Crippen MR) is 66.7 cm³/mol. The van der Waals surface area contributed by atoms with Gasteiger partial charge in [-0.1, -0.05) is 20.8 Å². The second-order valence-electron chi connectivity index (χ2n) is 5.91. The second-order valence-corrected chi connectivity index (χ2v) is 10.4. The fraction of sp³-hybridized carbons (Fsp3) is 0.917. The van der Waals surface area contributed by atoms with Gasteiger partial charge in [0.2, 0.25) is 0 Å². The third-order valence-corrected chi connectivity index (χ3v) is 4.56. The van der Waals surface area contributed by atoms with Crippen LogP contribution in [0.2, 0.25) is 19.6 Å². The minimum absolute atomic E-state index is 0.0122. The van der Waals surface area contributed by atoms with Gasteiger partial charge in [-0.2, -0.15) is 0 Å². The molecular weight excluding hydrogens is 220 g/mol. The van der Waals surface area contributed by atoms with Crippen molar-refractivity contribution in [2.24, 2.45) is 17.8 Å². The summed E-state index contributed by atoms with van der Waals surface area (Å²) in [7, 11) is -1.52. The van der Waals surface area contributed by atoms with Crippen molar-refractivity contribution in [3.8, 4) is 0 Å². The molecule has 0 saturated carbocycles. The summed E-state index contributed by atoms with van der Waals surface area (Å²) in [5, 5.41) is 0. The van der Waals surface area contributed by atoms with E-state index >= 15 is 0 Å². The van der Waals surface area contributed by atoms with Crippen molar-refractivity contribution in [2.45, 2.75) is 46.5 Å². The molecule has 2 unspecified atom stereocenters. The minimum atomic E-state index is -1.52. The molecule has 0 amide bonds. The Morgan fingerprint density at radius 1 is 1.19 bits per heavy atom. The predicted octanol–water partition coefficient (Wildman–Crippen LogP) is 2.67. The van der Waals surface area contributed by atoms with Gasteiger partial charge in [0.15, 0.2) is 8.32 Å². The van der Waals surface area contributed by atoms with Crippen LogP contribution < -0.4 is 0 Å². The third kappa shape index (κ3) is 3.32. The zero-order valence-electron chi connectivity index (χ0n) is 11.2. The van der Waals surface area contributed by atoms with E-state index in [4.69, 9.17) is 9.16 Å². The molecule has 0 aromatic carbocycles. The van der Waals surface area contributed by atoms with Gasteiger partial charge in [0.05, 0.1) is 12.5 Å². The van der Waals surface area contributed by atoms with Gasteiger partial charge >= 0.3 is 5.97 Å². The van der Waals surface area contributed by atoms with Crippen molar-refractivity contribution in [2.75, 3.05) is 6.61 Å². The highest BCUT2D eigenvalue weighted by atomic mass is 28.4. The quantitative estimate of drug-likeness (QED) is 0.565. The molecule has 4 heteroatoms. The largest absolute Gasteiger partial charge is 0.459 e. The van der Waals surface area contributed by atoms with Crippen molar-refractivity contribution in [1.29, 1.82) is 0 Å². The Morgan fingerprint density at radius 2 is 1.75 bits per heavy atom. The molecule has 0 aromatic rings. The fourth-order valence-corrected chi connectivity index (χ4v) is 2.55. The number of hydrogen-bond acceptors (Lipinski definition) is 3. The molecule has 3 nitrogen and oxygen atoms in total. The first-order chi connectivity index (χ1) is 7.22. The highest BCUT2D eigenvalue weighted by Crippen LogP contribution is 2.32. The average molecular weight is 244 g/mol. The molecular formula is C12H24O3Si. The van der Waals surface area contributed by atoms with Gasteiger partial charge in [0.1, 0.15) is 6.10 Å². The van der Waals surface area contributed by atoms with Crippen LogP contribution in [0, 0.1) is 17.8 Å². The molecule has 1 aliphatic rings. The van der Waals surface area contributed by atoms with Crippen LogP contribution in [0.4, 0.5) is 0 Å². The summed E-state index contributed by atoms with van der Waals surface area (Å²) in [4.78, 5) is 11.6. The molecule has 0 spiro atoms. The van der Waals surface area contributed by atoms with Crippen molar-refractivity contribution >= 4 is 14.3 Å². The van der Waals surface area contributed by atoms with Crippen LogP contribution in [0.1, 0.15) is 20.8 Å². The van der Waals surface area contributed by atoms with E-state index in [0.717, 1.165) is 0 Å². The van der Waals surface area contributed by atoms with Crippen molar-refractivity contribution in [3.05, 3.63) is 0 Å². The molecule has 0 radical (unpaired) electrons. The molecule has 94 valence electrons. The molecule has 0 bridgehead atoms. The van der Waals surface area contributed by atoms with E-state index in [1.54, 1.807) is 0 Å². The highest BCUT2D eigenvalue weighted by Gasteiger charge is 2.39. The summed E-state index contributed by atoms with van der Waals surface area (Å²) < 4.78 is 11.3. The lowest BCUT2D eigenvalue weighted by Crippen LogP contribution is -2.45. The normalized spacial score (nSPS) is 36.0. The van der Waals surface area contributed by atoms with E-state index in [9.17, 15) is 4.79 Å². The fourth-order valence-electron chi connectivity index (χ4n) is 1.89. The number of cyclic esters (lactones) is 1. The smallest absolute Gasteiger partial charge is 0.309 e. The van der Waals surface area contributed by atoms with Gasteiger partial charge in [0, 0.05) is 0 Å². The van der Waals surface area contributed by atoms with Crippen LogP contribution in [-0.2, 0) is 14.0 Å². The molecule has 1 saturated heterocycles. The zero-order chi connectivity index (χ0) is 12.5. The van der Waals surface area contributed by atoms with E-state index in [0.29, 0.717) is 18.4 Å². The number of hydrogen-bond donors (Lipinski definition) is 0. The molecule has 1 rings (SSSR count). The van der Waals surface area contributed by atoms with Gasteiger partial charge in [-0.25, -0.2) is 0 Å². The summed E-state index contributed by atoms with van der Waals surface area (Å²) >= 11 is 0. The topological polar surface area (TPSA) is 35.5 Å². The van der Waals surface area contributed by atoms with Crippen LogP contribution in [0.15, 0.2) is 0 Å². The first-order valence-electron chi connectivity index (χ1n) is 6.07. The molecule has 1 heterocycles. The van der Waals surface area contributed by atoms with E-state index in [1.165, 1.54) is 0 Å². The van der Waals surface area contributed by atoms with E-state index in [2.05, 4.69) is 33.5 Å². The van der Waals surface area contributed by atoms with Crippen LogP contribution >= 0.6 is 0 Å². The van der Waals surface area contributed by atoms with Gasteiger partial charge < -0.3 is 9.16 Å². The Balaban J connectivity index is 2.57. The zero-order valence-corrected chi connectivity index (χ0v) is 12.2. The van der Waals surface area contributed by atoms with Gasteiger partial charge in [-0.3, -0.25) is 4.79 Å². The van der Waals surface area contributed by atoms with Crippen molar-refractivity contribution < 1.29 is 14.0 Å². The first kappa shape index (κ1) is 13.7. The van der Waals surface area contributed by atoms with Gasteiger partial charge in [-0.15, -0.1) is 0 Å². The Morgan fingerprint density at radius 3 is 2.25 bits per heavy atom. The first-order valence-corrected chi connectivity index (χ1v) is 9.47. The maximum absolute atomic E-state index is 11.6. The summed E-state index contributed by atoms with van der Waals surface area (Å²) in [6.07, 6.45) is -0.0644. The van der Waals surface area contributed by atoms with E-state index in [1.807, 2.05) is 6.92 Å². The molecule has 0 N–H and O–H groups in total. The number of esters is 1.